The number of nitrogens with zero attached hydrogens (tertiary/aromatic N) is 1. The van der Waals surface area contributed by atoms with Gasteiger partial charge < -0.3 is 19.9 Å². The summed E-state index contributed by atoms with van der Waals surface area (Å²) < 4.78 is 10.9. The van der Waals surface area contributed by atoms with Crippen LogP contribution in [0.5, 0.6) is 0 Å². The van der Waals surface area contributed by atoms with Crippen molar-refractivity contribution in [2.45, 2.75) is 0 Å². The predicted octanol–water partition coefficient (Wildman–Crippen LogP) is 0.148. The van der Waals surface area contributed by atoms with E-state index in [4.69, 9.17) is 26.8 Å². The topological polar surface area (TPSA) is 88.1 Å². The fraction of sp³-hybridized carbons (Fsp3) is 0.700. The van der Waals surface area contributed by atoms with Crippen LogP contribution in [0.15, 0.2) is 0 Å². The molecular weight excluding hydrogens is 292 g/mol. The van der Waals surface area contributed by atoms with Crippen LogP contribution in [0.2, 0.25) is 0 Å². The summed E-state index contributed by atoms with van der Waals surface area (Å²) in [4.78, 5) is 23.3. The second-order valence-electron chi connectivity index (χ2n) is 3.56. The second-order valence-corrected chi connectivity index (χ2v) is 5.29. The van der Waals surface area contributed by atoms with Crippen LogP contribution in [0.1, 0.15) is 0 Å². The Morgan fingerprint density at radius 3 is 2.74 bits per heavy atom. The van der Waals surface area contributed by atoms with Gasteiger partial charge >= 0.3 is 6.09 Å². The van der Waals surface area contributed by atoms with Gasteiger partial charge in [0.15, 0.2) is 0 Å². The molecule has 9 heteroatoms. The van der Waals surface area contributed by atoms with E-state index in [-0.39, 0.29) is 32.3 Å². The summed E-state index contributed by atoms with van der Waals surface area (Å²) in [5, 5.41) is 10.5. The molecule has 108 valence electrons. The van der Waals surface area contributed by atoms with Gasteiger partial charge in [-0.05, 0) is 0 Å². The Morgan fingerprint density at radius 1 is 1.37 bits per heavy atom. The van der Waals surface area contributed by atoms with Crippen LogP contribution in [0.3, 0.4) is 0 Å². The van der Waals surface area contributed by atoms with Gasteiger partial charge in [-0.25, -0.2) is 4.79 Å². The molecule has 1 aliphatic rings. The number of carbonyl (C=O) groups is 2. The molecule has 19 heavy (non-hydrogen) atoms. The Balaban J connectivity index is 1.94. The van der Waals surface area contributed by atoms with Crippen LogP contribution >= 0.6 is 24.0 Å². The van der Waals surface area contributed by atoms with E-state index in [0.29, 0.717) is 17.5 Å². The Hall–Kier alpha value is -0.900. The van der Waals surface area contributed by atoms with Gasteiger partial charge in [0.2, 0.25) is 0 Å². The Morgan fingerprint density at radius 2 is 2.11 bits per heavy atom. The number of carboxylic acid groups (broad SMARTS) is 1. The average molecular weight is 308 g/mol. The lowest BCUT2D eigenvalue weighted by molar-refractivity contribution is -0.132. The molecule has 0 aromatic heterocycles. The molecule has 0 aliphatic carbocycles. The highest BCUT2D eigenvalue weighted by Crippen LogP contribution is 2.17. The van der Waals surface area contributed by atoms with E-state index in [1.807, 2.05) is 0 Å². The molecule has 2 amide bonds. The molecular formula is C10H16N2O5S2. The van der Waals surface area contributed by atoms with Crippen molar-refractivity contribution < 1.29 is 24.2 Å². The van der Waals surface area contributed by atoms with Gasteiger partial charge in [-0.2, -0.15) is 0 Å². The molecule has 2 N–H and O–H groups in total. The monoisotopic (exact) mass is 308 g/mol. The third-order valence-corrected chi connectivity index (χ3v) is 3.61. The van der Waals surface area contributed by atoms with E-state index in [0.717, 1.165) is 5.75 Å². The van der Waals surface area contributed by atoms with Gasteiger partial charge in [0.05, 0.1) is 19.8 Å². The number of rotatable bonds is 8. The summed E-state index contributed by atoms with van der Waals surface area (Å²) >= 11 is 6.51. The molecule has 1 fully saturated rings. The average Bonchev–Trinajstić information content (AvgIpc) is 2.78. The SMILES string of the molecule is O=C(O)NCCOCCOCC(=O)N1CCSC1=S. The highest BCUT2D eigenvalue weighted by Gasteiger charge is 2.23. The van der Waals surface area contributed by atoms with Crippen molar-refractivity contribution in [1.29, 1.82) is 0 Å². The number of hydrogen-bond donors (Lipinski definition) is 2. The van der Waals surface area contributed by atoms with Gasteiger partial charge in [0.1, 0.15) is 10.9 Å². The maximum absolute atomic E-state index is 11.6. The number of ether oxygens (including phenoxy) is 2. The number of nitrogens with one attached hydrogen (secondary N) is 1. The van der Waals surface area contributed by atoms with Crippen molar-refractivity contribution in [3.05, 3.63) is 0 Å². The first-order valence-corrected chi connectivity index (χ1v) is 7.10. The zero-order chi connectivity index (χ0) is 14.1. The van der Waals surface area contributed by atoms with Crippen molar-refractivity contribution in [1.82, 2.24) is 10.2 Å². The minimum atomic E-state index is -1.08. The number of amides is 2. The summed E-state index contributed by atoms with van der Waals surface area (Å²) in [6.45, 7) is 1.73. The smallest absolute Gasteiger partial charge is 0.404 e. The minimum Gasteiger partial charge on any atom is -0.465 e. The highest BCUT2D eigenvalue weighted by molar-refractivity contribution is 8.23. The molecule has 0 bridgehead atoms. The molecule has 1 saturated heterocycles. The first kappa shape index (κ1) is 16.2. The molecule has 1 rings (SSSR count). The van der Waals surface area contributed by atoms with Crippen molar-refractivity contribution in [2.24, 2.45) is 0 Å². The first-order chi connectivity index (χ1) is 9.11. The molecule has 7 nitrogen and oxygen atoms in total. The second kappa shape index (κ2) is 9.08. The third-order valence-electron chi connectivity index (χ3n) is 2.18. The van der Waals surface area contributed by atoms with E-state index in [1.54, 1.807) is 0 Å². The fourth-order valence-corrected chi connectivity index (χ4v) is 2.55. The van der Waals surface area contributed by atoms with E-state index < -0.39 is 6.09 Å². The van der Waals surface area contributed by atoms with E-state index >= 15 is 0 Å². The number of thioether (sulfide) groups is 1. The van der Waals surface area contributed by atoms with E-state index in [9.17, 15) is 9.59 Å². The molecule has 1 heterocycles. The van der Waals surface area contributed by atoms with Gasteiger partial charge in [0, 0.05) is 18.8 Å². The standard InChI is InChI=1S/C10H16N2O5S2/c13-8(12-2-6-19-10(12)18)7-17-5-4-16-3-1-11-9(14)15/h11H,1-7H2,(H,14,15). The molecule has 0 aromatic rings. The molecule has 1 aliphatic heterocycles. The van der Waals surface area contributed by atoms with Gasteiger partial charge in [0.25, 0.3) is 5.91 Å². The Kier molecular flexibility index (Phi) is 7.72. The molecule has 0 spiro atoms. The zero-order valence-electron chi connectivity index (χ0n) is 10.3. The lowest BCUT2D eigenvalue weighted by Gasteiger charge is -2.14. The largest absolute Gasteiger partial charge is 0.465 e. The van der Waals surface area contributed by atoms with Crippen LogP contribution in [0.25, 0.3) is 0 Å². The number of carbonyl (C=O) groups excluding carboxylic acids is 1. The predicted molar refractivity (Wildman–Crippen MR) is 74.4 cm³/mol. The summed E-state index contributed by atoms with van der Waals surface area (Å²) in [6.07, 6.45) is -1.08. The third kappa shape index (κ3) is 6.71. The maximum atomic E-state index is 11.6. The van der Waals surface area contributed by atoms with Crippen LogP contribution in [0, 0.1) is 0 Å². The Labute approximate surface area is 120 Å². The van der Waals surface area contributed by atoms with Crippen molar-refractivity contribution >= 4 is 40.3 Å². The summed E-state index contributed by atoms with van der Waals surface area (Å²) in [5.41, 5.74) is 0. The molecule has 0 aromatic carbocycles. The van der Waals surface area contributed by atoms with Gasteiger partial charge in [-0.15, -0.1) is 0 Å². The molecule has 0 saturated carbocycles. The summed E-state index contributed by atoms with van der Waals surface area (Å²) in [6, 6.07) is 0. The summed E-state index contributed by atoms with van der Waals surface area (Å²) in [7, 11) is 0. The van der Waals surface area contributed by atoms with Gasteiger partial charge in [-0.1, -0.05) is 24.0 Å². The normalized spacial score (nSPS) is 14.7. The zero-order valence-corrected chi connectivity index (χ0v) is 11.9. The lowest BCUT2D eigenvalue weighted by atomic mass is 10.5. The first-order valence-electron chi connectivity index (χ1n) is 5.70. The van der Waals surface area contributed by atoms with Crippen molar-refractivity contribution in [3.63, 3.8) is 0 Å². The number of hydrogen-bond acceptors (Lipinski definition) is 6. The van der Waals surface area contributed by atoms with Crippen LogP contribution < -0.4 is 5.32 Å². The quantitative estimate of drug-likeness (QED) is 0.487. The fourth-order valence-electron chi connectivity index (χ4n) is 1.31. The van der Waals surface area contributed by atoms with E-state index in [2.05, 4.69) is 5.32 Å². The lowest BCUT2D eigenvalue weighted by Crippen LogP contribution is -2.34. The molecule has 0 atom stereocenters. The molecule has 0 radical (unpaired) electrons. The molecule has 0 unspecified atom stereocenters. The Bertz CT molecular complexity index is 340. The van der Waals surface area contributed by atoms with E-state index in [1.165, 1.54) is 16.7 Å². The van der Waals surface area contributed by atoms with Crippen molar-refractivity contribution in [3.8, 4) is 0 Å². The van der Waals surface area contributed by atoms with Crippen LogP contribution in [0.4, 0.5) is 4.79 Å². The van der Waals surface area contributed by atoms with Crippen LogP contribution in [-0.2, 0) is 14.3 Å². The van der Waals surface area contributed by atoms with Crippen molar-refractivity contribution in [2.75, 3.05) is 45.3 Å². The summed E-state index contributed by atoms with van der Waals surface area (Å²) in [5.74, 6) is 0.701. The maximum Gasteiger partial charge on any atom is 0.404 e. The highest BCUT2D eigenvalue weighted by atomic mass is 32.2. The number of thiocarbonyl (C=S) groups is 1. The van der Waals surface area contributed by atoms with Gasteiger partial charge in [-0.3, -0.25) is 9.69 Å². The van der Waals surface area contributed by atoms with Crippen LogP contribution in [-0.4, -0.2) is 71.6 Å². The minimum absolute atomic E-state index is 0.0164.